The van der Waals surface area contributed by atoms with Crippen LogP contribution in [0.3, 0.4) is 0 Å². The molecule has 4 aromatic rings. The van der Waals surface area contributed by atoms with Gasteiger partial charge in [-0.15, -0.1) is 0 Å². The molecule has 5 heterocycles. The maximum Gasteiger partial charge on any atom is 0.245 e. The number of H-pyrrole nitrogens is 1. The Balaban J connectivity index is 1.12. The van der Waals surface area contributed by atoms with Gasteiger partial charge in [0.05, 0.1) is 60.8 Å². The number of aromatic hydroxyl groups is 1. The van der Waals surface area contributed by atoms with Crippen LogP contribution in [0.4, 0.5) is 0 Å². The van der Waals surface area contributed by atoms with Gasteiger partial charge in [-0.2, -0.15) is 0 Å². The van der Waals surface area contributed by atoms with Gasteiger partial charge < -0.3 is 148 Å². The molecule has 3 aromatic carbocycles. The van der Waals surface area contributed by atoms with Crippen LogP contribution < -0.4 is 48.3 Å². The van der Waals surface area contributed by atoms with Crippen molar-refractivity contribution >= 4 is 96.4 Å². The number of rotatable bonds is 26. The first-order valence-corrected chi connectivity index (χ1v) is 37.9. The highest BCUT2D eigenvalue weighted by Crippen LogP contribution is 2.34. The fraction of sp³-hybridized carbons (Fsp3) is 0.597. The summed E-state index contributed by atoms with van der Waals surface area (Å²) < 4.78 is 28.5. The van der Waals surface area contributed by atoms with E-state index in [1.54, 1.807) is 60.8 Å². The number of phenols is 1. The van der Waals surface area contributed by atoms with Gasteiger partial charge >= 0.3 is 0 Å². The zero-order valence-electron chi connectivity index (χ0n) is 57.6. The molecule has 7 amide bonds. The topological polar surface area (TPSA) is 587 Å². The molecule has 25 N–H and O–H groups in total. The Hall–Kier alpha value is -6.08. The Bertz CT molecular complexity index is 3560. The predicted molar refractivity (Wildman–Crippen MR) is 384 cm³/mol. The SMILES string of the molecule is CC(O)[C@@H]1NC(=O)[C@H](CCCCN)NC(=O)[C@@H](Cc2c[nH]c3ccccc23)NC(=O)[C@H](Cc2ccc(O)c(I)c2)NC(=O)C(NC(=O)C(Cc2ccccc2)NCC2(O)OCC(O)[C@@H](O[C@@H]3OC(CO)[C@@H](O[C@@H]4OC(CO)[C@@H](O)[C@H](O)C4O)[C@H](O)C3O)C2O)CSSC[C@@H](C(=O)N[C@H](CO)C(C)O)NC1=O. The lowest BCUT2D eigenvalue weighted by Gasteiger charge is -2.48. The number of unbranched alkanes of at least 4 members (excludes halogenated alkanes) is 1. The summed E-state index contributed by atoms with van der Waals surface area (Å²) in [5.74, 6) is -10.7. The Morgan fingerprint density at radius 3 is 1.99 bits per heavy atom. The van der Waals surface area contributed by atoms with Crippen molar-refractivity contribution in [2.75, 3.05) is 51.0 Å². The number of halogens is 1. The number of hydrogen-bond acceptors (Lipinski definition) is 30. The minimum absolute atomic E-state index is 0.0791. The number of phenolic OH excluding ortho intramolecular Hbond substituents is 1. The van der Waals surface area contributed by atoms with E-state index >= 15 is 19.2 Å². The number of hydrogen-bond donors (Lipinski definition) is 24. The van der Waals surface area contributed by atoms with Gasteiger partial charge in [-0.1, -0.05) is 76.2 Å². The number of nitrogens with one attached hydrogen (secondary N) is 9. The third-order valence-corrected chi connectivity index (χ3v) is 21.8. The van der Waals surface area contributed by atoms with Gasteiger partial charge in [0.15, 0.2) is 12.6 Å². The maximum atomic E-state index is 15.4. The van der Waals surface area contributed by atoms with Gasteiger partial charge in [0.1, 0.15) is 109 Å². The summed E-state index contributed by atoms with van der Waals surface area (Å²) in [6, 6.07) is 7.17. The monoisotopic (exact) mass is 1650 g/mol. The molecule has 0 saturated carbocycles. The number of aromatic amines is 1. The van der Waals surface area contributed by atoms with Crippen molar-refractivity contribution in [1.29, 1.82) is 0 Å². The molecule has 4 aliphatic rings. The molecule has 106 heavy (non-hydrogen) atoms. The minimum atomic E-state index is -2.82. The lowest BCUT2D eigenvalue weighted by Crippen LogP contribution is -2.69. The fourth-order valence-corrected chi connectivity index (χ4v) is 15.1. The van der Waals surface area contributed by atoms with E-state index in [1.165, 1.54) is 32.0 Å². The van der Waals surface area contributed by atoms with Crippen molar-refractivity contribution in [2.24, 2.45) is 5.73 Å². The van der Waals surface area contributed by atoms with Crippen LogP contribution in [0, 0.1) is 3.57 Å². The van der Waals surface area contributed by atoms with Crippen molar-refractivity contribution in [1.82, 2.24) is 47.5 Å². The lowest BCUT2D eigenvalue weighted by molar-refractivity contribution is -0.383. The Labute approximate surface area is 629 Å². The summed E-state index contributed by atoms with van der Waals surface area (Å²) in [7, 11) is 1.72. The Kier molecular flexibility index (Phi) is 32.3. The van der Waals surface area contributed by atoms with Crippen LogP contribution in [0.25, 0.3) is 10.9 Å². The quantitative estimate of drug-likeness (QED) is 0.0158. The molecule has 1 aromatic heterocycles. The molecular formula is C67H95IN10O26S2. The first-order valence-electron chi connectivity index (χ1n) is 34.3. The predicted octanol–water partition coefficient (Wildman–Crippen LogP) is -7.41. The average Bonchev–Trinajstić information content (AvgIpc) is 0.874. The van der Waals surface area contributed by atoms with E-state index in [4.69, 9.17) is 29.4 Å². The molecule has 0 aliphatic carbocycles. The summed E-state index contributed by atoms with van der Waals surface area (Å²) in [5.41, 5.74) is 7.90. The highest BCUT2D eigenvalue weighted by Gasteiger charge is 2.55. The average molecular weight is 1650 g/mol. The van der Waals surface area contributed by atoms with Crippen LogP contribution >= 0.6 is 44.2 Å². The molecule has 24 atom stereocenters. The van der Waals surface area contributed by atoms with E-state index in [2.05, 4.69) is 47.5 Å². The number of carbonyl (C=O) groups excluding carboxylic acids is 7. The van der Waals surface area contributed by atoms with Crippen LogP contribution in [0.2, 0.25) is 0 Å². The van der Waals surface area contributed by atoms with Crippen molar-refractivity contribution in [3.8, 4) is 5.75 Å². The first-order chi connectivity index (χ1) is 50.5. The van der Waals surface area contributed by atoms with E-state index in [9.17, 15) is 85.9 Å². The normalized spacial score (nSPS) is 32.4. The molecule has 0 bridgehead atoms. The highest BCUT2D eigenvalue weighted by atomic mass is 127. The summed E-state index contributed by atoms with van der Waals surface area (Å²) in [6.07, 6.45) is -26.5. The largest absolute Gasteiger partial charge is 0.507 e. The van der Waals surface area contributed by atoms with Gasteiger partial charge in [0, 0.05) is 41.4 Å². The number of benzene rings is 3. The first kappa shape index (κ1) is 85.5. The van der Waals surface area contributed by atoms with E-state index < -0.39 is 232 Å². The number of ether oxygens (including phenoxy) is 5. The number of aromatic nitrogens is 1. The third-order valence-electron chi connectivity index (χ3n) is 18.5. The summed E-state index contributed by atoms with van der Waals surface area (Å²) in [6.45, 7) is -1.65. The fourth-order valence-electron chi connectivity index (χ4n) is 12.2. The standard InChI is InChI=1S/C67H95IN10O26S2/c1-30(82)42(23-79)75-63(97)44-28-106-105-27-43(76-59(93)39(19-32-10-4-3-5-11-32)71-29-67(99)57(91)55(46(85)26-100-67)103-66-54(90)52(88)56(48(25-81)102-66)104-65-53(89)51(87)50(86)47(24-80)101-65)62(96)73-40(20-33-15-16-45(84)36(68)18-33)60(94)74-41(21-34-22-70-37-13-7-6-12-35(34)37)61(95)72-38(14-8-9-17-69)58(92)78-49(31(2)83)64(98)77-44/h3-7,10-13,15-16,18,22,30-31,38-44,46-57,65-66,70-71,79-91,99H,8-9,14,17,19-21,23-29,69H2,1-2H3,(H,72,95)(H,73,96)(H,74,94)(H,75,97)(H,76,93)(H,77,98)(H,78,92)/t30?,31?,38-,39?,40-,41+,42+,43?,44-,46?,47?,48?,49-,50+,51-,52+,53?,54?,55+,56+,57?,65-,66-,67?/m0/s1. The molecule has 588 valence electrons. The number of aliphatic hydroxyl groups is 13. The number of fused-ring (bicyclic) bond motifs is 1. The molecule has 0 radical (unpaired) electrons. The van der Waals surface area contributed by atoms with Crippen molar-refractivity contribution < 1.29 is 129 Å². The van der Waals surface area contributed by atoms with Crippen LogP contribution in [0.15, 0.2) is 79.0 Å². The number of nitrogens with two attached hydrogens (primary N) is 1. The zero-order valence-corrected chi connectivity index (χ0v) is 61.4. The number of aliphatic hydroxyl groups excluding tert-OH is 12. The number of para-hydroxylation sites is 1. The Morgan fingerprint density at radius 2 is 1.33 bits per heavy atom. The highest BCUT2D eigenvalue weighted by molar-refractivity contribution is 14.1. The van der Waals surface area contributed by atoms with E-state index in [-0.39, 0.29) is 44.4 Å². The van der Waals surface area contributed by atoms with Crippen LogP contribution in [0.5, 0.6) is 5.75 Å². The van der Waals surface area contributed by atoms with Crippen molar-refractivity contribution in [3.63, 3.8) is 0 Å². The Morgan fingerprint density at radius 1 is 0.708 bits per heavy atom. The van der Waals surface area contributed by atoms with Crippen LogP contribution in [-0.2, 0) is 76.5 Å². The molecule has 39 heteroatoms. The second-order valence-electron chi connectivity index (χ2n) is 26.4. The number of carbonyl (C=O) groups is 7. The number of amides is 7. The second-order valence-corrected chi connectivity index (χ2v) is 30.1. The molecule has 4 saturated heterocycles. The summed E-state index contributed by atoms with van der Waals surface area (Å²) >= 11 is 1.86. The van der Waals surface area contributed by atoms with E-state index in [1.807, 2.05) is 22.6 Å². The van der Waals surface area contributed by atoms with E-state index in [0.29, 0.717) is 37.6 Å². The van der Waals surface area contributed by atoms with Gasteiger partial charge in [0.2, 0.25) is 47.1 Å². The summed E-state index contributed by atoms with van der Waals surface area (Å²) in [5, 5.41) is 174. The van der Waals surface area contributed by atoms with Crippen molar-refractivity contribution in [2.45, 2.75) is 198 Å². The van der Waals surface area contributed by atoms with Crippen LogP contribution in [-0.4, -0.2) is 315 Å². The molecule has 4 aliphatic heterocycles. The van der Waals surface area contributed by atoms with Gasteiger partial charge in [-0.3, -0.25) is 33.6 Å². The molecule has 36 nitrogen and oxygen atoms in total. The van der Waals surface area contributed by atoms with Gasteiger partial charge in [-0.25, -0.2) is 0 Å². The molecule has 8 rings (SSSR count). The van der Waals surface area contributed by atoms with E-state index in [0.717, 1.165) is 21.6 Å². The second kappa shape index (κ2) is 40.0. The minimum Gasteiger partial charge on any atom is -0.507 e. The smallest absolute Gasteiger partial charge is 0.245 e. The lowest BCUT2D eigenvalue weighted by atomic mass is 9.94. The summed E-state index contributed by atoms with van der Waals surface area (Å²) in [4.78, 5) is 107. The molecule has 11 unspecified atom stereocenters. The van der Waals surface area contributed by atoms with Crippen LogP contribution in [0.1, 0.15) is 49.8 Å². The van der Waals surface area contributed by atoms with Gasteiger partial charge in [-0.05, 0) is 104 Å². The molecule has 0 spiro atoms. The molecule has 4 fully saturated rings. The zero-order chi connectivity index (χ0) is 77.3. The third kappa shape index (κ3) is 22.3. The van der Waals surface area contributed by atoms with Gasteiger partial charge in [0.25, 0.3) is 0 Å². The maximum absolute atomic E-state index is 15.4. The molecular weight excluding hydrogens is 1550 g/mol. The van der Waals surface area contributed by atoms with Crippen molar-refractivity contribution in [3.05, 3.63) is 99.3 Å².